The number of aromatic nitrogens is 6. The predicted molar refractivity (Wildman–Crippen MR) is 137 cm³/mol. The minimum Gasteiger partial charge on any atom is -0.338 e. The van der Waals surface area contributed by atoms with Crippen molar-refractivity contribution in [1.82, 2.24) is 30.1 Å². The third-order valence-electron chi connectivity index (χ3n) is 6.32. The van der Waals surface area contributed by atoms with Gasteiger partial charge in [-0.3, -0.25) is 14.9 Å². The Morgan fingerprint density at radius 2 is 1.89 bits per heavy atom. The Bertz CT molecular complexity index is 1710. The van der Waals surface area contributed by atoms with Crippen LogP contribution in [-0.4, -0.2) is 36.0 Å². The Morgan fingerprint density at radius 1 is 0.971 bits per heavy atom. The summed E-state index contributed by atoms with van der Waals surface area (Å²) < 4.78 is 0. The van der Waals surface area contributed by atoms with E-state index >= 15 is 0 Å². The predicted octanol–water partition coefficient (Wildman–Crippen LogP) is 5.64. The van der Waals surface area contributed by atoms with Gasteiger partial charge in [0.2, 0.25) is 5.91 Å². The number of H-pyrrole nitrogens is 2. The molecule has 0 aromatic carbocycles. The lowest BCUT2D eigenvalue weighted by Crippen LogP contribution is -2.13. The summed E-state index contributed by atoms with van der Waals surface area (Å²) in [6, 6.07) is 10.2. The summed E-state index contributed by atoms with van der Waals surface area (Å²) in [6.45, 7) is 0. The normalized spacial score (nSPS) is 13.5. The van der Waals surface area contributed by atoms with E-state index in [4.69, 9.17) is 0 Å². The Kier molecular flexibility index (Phi) is 4.49. The molecule has 1 amide bonds. The number of rotatable bonds is 5. The van der Waals surface area contributed by atoms with Crippen LogP contribution in [0.1, 0.15) is 12.8 Å². The van der Waals surface area contributed by atoms with Crippen LogP contribution >= 0.6 is 11.3 Å². The van der Waals surface area contributed by atoms with E-state index in [-0.39, 0.29) is 11.8 Å². The molecule has 8 nitrogen and oxygen atoms in total. The fourth-order valence-corrected chi connectivity index (χ4v) is 5.00. The fourth-order valence-electron chi connectivity index (χ4n) is 4.35. The standard InChI is InChI=1S/C26H19N7OS/c34-26(14-1-2-14)30-18-7-16(10-27-12-18)17-8-21-23(32-33-25(21)29-11-17)22-9-20-19(15-4-6-35-13-15)3-5-28-24(20)31-22/h3-14H,1-2H2,(H,28,31)(H,30,34)(H,29,32,33). The zero-order chi connectivity index (χ0) is 23.4. The quantitative estimate of drug-likeness (QED) is 0.297. The maximum Gasteiger partial charge on any atom is 0.227 e. The molecule has 1 aliphatic carbocycles. The molecule has 1 aliphatic rings. The van der Waals surface area contributed by atoms with Crippen LogP contribution in [0.5, 0.6) is 0 Å². The fraction of sp³-hybridized carbons (Fsp3) is 0.115. The number of hydrogen-bond donors (Lipinski definition) is 3. The van der Waals surface area contributed by atoms with Crippen molar-refractivity contribution in [2.24, 2.45) is 5.92 Å². The van der Waals surface area contributed by atoms with Gasteiger partial charge in [0, 0.05) is 46.4 Å². The minimum atomic E-state index is 0.0592. The average Bonchev–Trinajstić information content (AvgIpc) is 3.26. The van der Waals surface area contributed by atoms with Crippen molar-refractivity contribution in [2.45, 2.75) is 12.8 Å². The van der Waals surface area contributed by atoms with Crippen molar-refractivity contribution in [1.29, 1.82) is 0 Å². The number of anilines is 1. The van der Waals surface area contributed by atoms with E-state index in [9.17, 15) is 4.79 Å². The van der Waals surface area contributed by atoms with Crippen molar-refractivity contribution in [3.63, 3.8) is 0 Å². The molecule has 6 aromatic rings. The molecule has 7 rings (SSSR count). The largest absolute Gasteiger partial charge is 0.338 e. The van der Waals surface area contributed by atoms with Crippen molar-refractivity contribution in [3.05, 3.63) is 65.9 Å². The van der Waals surface area contributed by atoms with Gasteiger partial charge in [-0.2, -0.15) is 16.4 Å². The zero-order valence-electron chi connectivity index (χ0n) is 18.4. The summed E-state index contributed by atoms with van der Waals surface area (Å²) in [5.41, 5.74) is 7.90. The highest BCUT2D eigenvalue weighted by Crippen LogP contribution is 2.35. The molecule has 0 bridgehead atoms. The lowest BCUT2D eigenvalue weighted by molar-refractivity contribution is -0.117. The monoisotopic (exact) mass is 477 g/mol. The van der Waals surface area contributed by atoms with Crippen molar-refractivity contribution >= 4 is 45.0 Å². The lowest BCUT2D eigenvalue weighted by atomic mass is 10.1. The van der Waals surface area contributed by atoms with Gasteiger partial charge in [0.25, 0.3) is 0 Å². The van der Waals surface area contributed by atoms with Crippen LogP contribution < -0.4 is 5.32 Å². The lowest BCUT2D eigenvalue weighted by Gasteiger charge is -2.07. The number of fused-ring (bicyclic) bond motifs is 2. The van der Waals surface area contributed by atoms with E-state index < -0.39 is 0 Å². The van der Waals surface area contributed by atoms with E-state index in [1.165, 1.54) is 5.56 Å². The highest BCUT2D eigenvalue weighted by atomic mass is 32.1. The molecule has 0 spiro atoms. The second-order valence-corrected chi connectivity index (χ2v) is 9.51. The molecule has 0 unspecified atom stereocenters. The second-order valence-electron chi connectivity index (χ2n) is 8.73. The Hall–Kier alpha value is -4.37. The van der Waals surface area contributed by atoms with Crippen molar-refractivity contribution in [3.8, 4) is 33.6 Å². The number of nitrogens with zero attached hydrogens (tertiary/aromatic N) is 4. The number of nitrogens with one attached hydrogen (secondary N) is 3. The maximum atomic E-state index is 12.2. The van der Waals surface area contributed by atoms with Crippen LogP contribution in [0.4, 0.5) is 5.69 Å². The van der Waals surface area contributed by atoms with Crippen molar-refractivity contribution < 1.29 is 4.79 Å². The van der Waals surface area contributed by atoms with Crippen LogP contribution in [0, 0.1) is 5.92 Å². The summed E-state index contributed by atoms with van der Waals surface area (Å²) in [6.07, 6.45) is 8.97. The first kappa shape index (κ1) is 20.0. The minimum absolute atomic E-state index is 0.0592. The van der Waals surface area contributed by atoms with Crippen LogP contribution in [0.15, 0.2) is 65.9 Å². The van der Waals surface area contributed by atoms with Crippen LogP contribution in [0.3, 0.4) is 0 Å². The molecule has 1 saturated carbocycles. The molecule has 35 heavy (non-hydrogen) atoms. The molecule has 0 radical (unpaired) electrons. The maximum absolute atomic E-state index is 12.2. The zero-order valence-corrected chi connectivity index (χ0v) is 19.3. The van der Waals surface area contributed by atoms with E-state index in [1.807, 2.05) is 24.4 Å². The number of carbonyl (C=O) groups is 1. The van der Waals surface area contributed by atoms with Gasteiger partial charge < -0.3 is 10.3 Å². The van der Waals surface area contributed by atoms with Crippen LogP contribution in [0.25, 0.3) is 55.7 Å². The first-order chi connectivity index (χ1) is 17.2. The van der Waals surface area contributed by atoms with Gasteiger partial charge in [-0.25, -0.2) is 9.97 Å². The van der Waals surface area contributed by atoms with Gasteiger partial charge in [-0.05, 0) is 65.1 Å². The molecule has 6 heterocycles. The number of carbonyl (C=O) groups excluding carboxylic acids is 1. The first-order valence-corrected chi connectivity index (χ1v) is 12.3. The summed E-state index contributed by atoms with van der Waals surface area (Å²) in [5.74, 6) is 0.195. The van der Waals surface area contributed by atoms with Gasteiger partial charge in [0.05, 0.1) is 17.6 Å². The summed E-state index contributed by atoms with van der Waals surface area (Å²) in [4.78, 5) is 29.0. The molecule has 9 heteroatoms. The van der Waals surface area contributed by atoms with E-state index in [2.05, 4.69) is 58.3 Å². The molecule has 0 atom stereocenters. The number of thiophene rings is 1. The highest BCUT2D eigenvalue weighted by molar-refractivity contribution is 7.08. The van der Waals surface area contributed by atoms with Gasteiger partial charge in [-0.15, -0.1) is 0 Å². The third kappa shape index (κ3) is 3.57. The smallest absolute Gasteiger partial charge is 0.227 e. The SMILES string of the molecule is O=C(Nc1cncc(-c2cnc3[nH]nc(-c4cc5c(-c6ccsc6)ccnc5[nH]4)c3c2)c1)C1CC1. The van der Waals surface area contributed by atoms with Crippen LogP contribution in [-0.2, 0) is 4.79 Å². The Morgan fingerprint density at radius 3 is 2.74 bits per heavy atom. The molecule has 1 fully saturated rings. The van der Waals surface area contributed by atoms with E-state index in [0.717, 1.165) is 57.3 Å². The molecule has 6 aromatic heterocycles. The molecular formula is C26H19N7OS. The van der Waals surface area contributed by atoms with Gasteiger partial charge in [0.1, 0.15) is 11.3 Å². The molecule has 170 valence electrons. The summed E-state index contributed by atoms with van der Waals surface area (Å²) >= 11 is 1.67. The molecular weight excluding hydrogens is 458 g/mol. The average molecular weight is 478 g/mol. The topological polar surface area (TPSA) is 112 Å². The van der Waals surface area contributed by atoms with Crippen LogP contribution in [0.2, 0.25) is 0 Å². The molecule has 0 saturated heterocycles. The van der Waals surface area contributed by atoms with Gasteiger partial charge in [-0.1, -0.05) is 0 Å². The summed E-state index contributed by atoms with van der Waals surface area (Å²) in [7, 11) is 0. The van der Waals surface area contributed by atoms with Crippen molar-refractivity contribution in [2.75, 3.05) is 5.32 Å². The number of hydrogen-bond acceptors (Lipinski definition) is 6. The molecule has 3 N–H and O–H groups in total. The van der Waals surface area contributed by atoms with Gasteiger partial charge in [0.15, 0.2) is 5.65 Å². The first-order valence-electron chi connectivity index (χ1n) is 11.3. The number of amides is 1. The van der Waals surface area contributed by atoms with E-state index in [0.29, 0.717) is 11.3 Å². The van der Waals surface area contributed by atoms with Gasteiger partial charge >= 0.3 is 0 Å². The number of aromatic amines is 2. The van der Waals surface area contributed by atoms with E-state index in [1.54, 1.807) is 29.9 Å². The Labute approximate surface area is 203 Å². The second kappa shape index (κ2) is 7.85. The number of pyridine rings is 3. The molecule has 0 aliphatic heterocycles. The highest BCUT2D eigenvalue weighted by Gasteiger charge is 2.29. The Balaban J connectivity index is 1.29. The third-order valence-corrected chi connectivity index (χ3v) is 7.01. The summed E-state index contributed by atoms with van der Waals surface area (Å²) in [5, 5.41) is 16.7.